The molecule has 0 aromatic rings. The molecule has 1 unspecified atom stereocenters. The Bertz CT molecular complexity index is 212. The molecule has 2 aliphatic rings. The van der Waals surface area contributed by atoms with Gasteiger partial charge in [-0.25, -0.2) is 0 Å². The van der Waals surface area contributed by atoms with E-state index in [0.29, 0.717) is 0 Å². The van der Waals surface area contributed by atoms with Crippen LogP contribution in [0.25, 0.3) is 0 Å². The van der Waals surface area contributed by atoms with Crippen molar-refractivity contribution in [1.29, 1.82) is 0 Å². The lowest BCUT2D eigenvalue weighted by Crippen LogP contribution is -2.35. The van der Waals surface area contributed by atoms with Crippen LogP contribution in [0.1, 0.15) is 32.1 Å². The minimum atomic E-state index is 0.782. The van der Waals surface area contributed by atoms with E-state index >= 15 is 0 Å². The fraction of sp³-hybridized carbons (Fsp3) is 1.00. The summed E-state index contributed by atoms with van der Waals surface area (Å²) in [5.74, 6) is 0.975. The first-order valence-electron chi connectivity index (χ1n) is 7.35. The summed E-state index contributed by atoms with van der Waals surface area (Å²) in [5, 5.41) is 3.64. The van der Waals surface area contributed by atoms with Crippen molar-refractivity contribution in [3.63, 3.8) is 0 Å². The summed E-state index contributed by atoms with van der Waals surface area (Å²) in [6.45, 7) is 6.21. The lowest BCUT2D eigenvalue weighted by atomic mass is 10.1. The minimum absolute atomic E-state index is 0.782. The van der Waals surface area contributed by atoms with Gasteiger partial charge in [-0.15, -0.1) is 0 Å². The maximum absolute atomic E-state index is 3.64. The molecule has 2 fully saturated rings. The van der Waals surface area contributed by atoms with Crippen LogP contribution in [0.4, 0.5) is 0 Å². The highest BCUT2D eigenvalue weighted by Crippen LogP contribution is 2.23. The van der Waals surface area contributed by atoms with Crippen LogP contribution >= 0.6 is 0 Å². The van der Waals surface area contributed by atoms with Crippen molar-refractivity contribution in [3.8, 4) is 0 Å². The Morgan fingerprint density at radius 3 is 2.59 bits per heavy atom. The average Bonchev–Trinajstić information content (AvgIpc) is 2.96. The smallest absolute Gasteiger partial charge is 0.0229 e. The topological polar surface area (TPSA) is 18.5 Å². The van der Waals surface area contributed by atoms with E-state index in [1.165, 1.54) is 64.8 Å². The van der Waals surface area contributed by atoms with Gasteiger partial charge in [0.25, 0.3) is 0 Å². The first kappa shape index (κ1) is 13.3. The monoisotopic (exact) mass is 239 g/mol. The van der Waals surface area contributed by atoms with Crippen LogP contribution < -0.4 is 5.32 Å². The third-order valence-corrected chi connectivity index (χ3v) is 4.49. The van der Waals surface area contributed by atoms with E-state index < -0.39 is 0 Å². The number of hydrogen-bond donors (Lipinski definition) is 1. The highest BCUT2D eigenvalue weighted by molar-refractivity contribution is 4.81. The molecule has 1 saturated heterocycles. The third kappa shape index (κ3) is 4.23. The quantitative estimate of drug-likeness (QED) is 0.707. The van der Waals surface area contributed by atoms with E-state index in [0.717, 1.165) is 12.0 Å². The van der Waals surface area contributed by atoms with Gasteiger partial charge in [0.1, 0.15) is 0 Å². The van der Waals surface area contributed by atoms with Crippen LogP contribution in [-0.4, -0.2) is 62.7 Å². The van der Waals surface area contributed by atoms with Gasteiger partial charge >= 0.3 is 0 Å². The predicted octanol–water partition coefficient (Wildman–Crippen LogP) is 1.40. The maximum atomic E-state index is 3.64. The standard InChI is InChI=1S/C14H29N3/c1-16(2)14-7-9-17(12-14)10-8-15-11-13-5-3-4-6-13/h13-15H,3-12H2,1-2H3. The van der Waals surface area contributed by atoms with E-state index in [2.05, 4.69) is 29.2 Å². The van der Waals surface area contributed by atoms with Gasteiger partial charge in [-0.1, -0.05) is 12.8 Å². The van der Waals surface area contributed by atoms with Gasteiger partial charge in [0.2, 0.25) is 0 Å². The second-order valence-corrected chi connectivity index (χ2v) is 6.06. The molecule has 1 aliphatic carbocycles. The molecule has 0 bridgehead atoms. The van der Waals surface area contributed by atoms with Crippen molar-refractivity contribution in [1.82, 2.24) is 15.1 Å². The molecule has 1 N–H and O–H groups in total. The Morgan fingerprint density at radius 1 is 1.18 bits per heavy atom. The molecule has 1 saturated carbocycles. The zero-order valence-corrected chi connectivity index (χ0v) is 11.6. The molecule has 1 atom stereocenters. The second-order valence-electron chi connectivity index (χ2n) is 6.06. The molecule has 0 radical (unpaired) electrons. The van der Waals surface area contributed by atoms with Crippen LogP contribution in [-0.2, 0) is 0 Å². The number of rotatable bonds is 6. The van der Waals surface area contributed by atoms with Crippen LogP contribution in [0.3, 0.4) is 0 Å². The van der Waals surface area contributed by atoms with Crippen LogP contribution in [0, 0.1) is 5.92 Å². The van der Waals surface area contributed by atoms with E-state index in [-0.39, 0.29) is 0 Å². The van der Waals surface area contributed by atoms with E-state index in [1.54, 1.807) is 0 Å². The molecule has 0 aromatic carbocycles. The van der Waals surface area contributed by atoms with Crippen molar-refractivity contribution in [2.24, 2.45) is 5.92 Å². The molecule has 1 aliphatic heterocycles. The SMILES string of the molecule is CN(C)C1CCN(CCNCC2CCCC2)C1. The van der Waals surface area contributed by atoms with Crippen molar-refractivity contribution >= 4 is 0 Å². The Labute approximate surface area is 107 Å². The van der Waals surface area contributed by atoms with Gasteiger partial charge in [0.15, 0.2) is 0 Å². The zero-order chi connectivity index (χ0) is 12.1. The summed E-state index contributed by atoms with van der Waals surface area (Å²) in [4.78, 5) is 4.97. The number of nitrogens with one attached hydrogen (secondary N) is 1. The zero-order valence-electron chi connectivity index (χ0n) is 11.6. The molecule has 0 aromatic heterocycles. The molecule has 1 heterocycles. The maximum Gasteiger partial charge on any atom is 0.0229 e. The Morgan fingerprint density at radius 2 is 1.94 bits per heavy atom. The first-order valence-corrected chi connectivity index (χ1v) is 7.35. The highest BCUT2D eigenvalue weighted by atomic mass is 15.2. The Balaban J connectivity index is 1.51. The fourth-order valence-corrected chi connectivity index (χ4v) is 3.19. The summed E-state index contributed by atoms with van der Waals surface area (Å²) in [7, 11) is 4.40. The van der Waals surface area contributed by atoms with Gasteiger partial charge in [-0.05, 0) is 52.4 Å². The largest absolute Gasteiger partial charge is 0.315 e. The van der Waals surface area contributed by atoms with Crippen molar-refractivity contribution in [2.45, 2.75) is 38.1 Å². The minimum Gasteiger partial charge on any atom is -0.315 e. The summed E-state index contributed by atoms with van der Waals surface area (Å²) < 4.78 is 0. The van der Waals surface area contributed by atoms with Crippen molar-refractivity contribution < 1.29 is 0 Å². The highest BCUT2D eigenvalue weighted by Gasteiger charge is 2.23. The molecule has 0 amide bonds. The number of hydrogen-bond acceptors (Lipinski definition) is 3. The van der Waals surface area contributed by atoms with E-state index in [1.807, 2.05) is 0 Å². The fourth-order valence-electron chi connectivity index (χ4n) is 3.19. The van der Waals surface area contributed by atoms with Crippen LogP contribution in [0.15, 0.2) is 0 Å². The summed E-state index contributed by atoms with van der Waals surface area (Å²) >= 11 is 0. The molecule has 3 heteroatoms. The van der Waals surface area contributed by atoms with Crippen molar-refractivity contribution in [2.75, 3.05) is 46.8 Å². The first-order chi connectivity index (χ1) is 8.25. The van der Waals surface area contributed by atoms with Gasteiger partial charge in [0, 0.05) is 25.7 Å². The predicted molar refractivity (Wildman–Crippen MR) is 73.4 cm³/mol. The number of likely N-dealkylation sites (N-methyl/N-ethyl adjacent to an activating group) is 1. The lowest BCUT2D eigenvalue weighted by molar-refractivity contribution is 0.267. The molecule has 17 heavy (non-hydrogen) atoms. The molecule has 100 valence electrons. The molecule has 3 nitrogen and oxygen atoms in total. The normalized spacial score (nSPS) is 27.4. The molecular formula is C14H29N3. The van der Waals surface area contributed by atoms with E-state index in [4.69, 9.17) is 0 Å². The van der Waals surface area contributed by atoms with Gasteiger partial charge in [-0.3, -0.25) is 0 Å². The molecule has 2 rings (SSSR count). The number of nitrogens with zero attached hydrogens (tertiary/aromatic N) is 2. The van der Waals surface area contributed by atoms with Crippen LogP contribution in [0.5, 0.6) is 0 Å². The summed E-state index contributed by atoms with van der Waals surface area (Å²) in [5.41, 5.74) is 0. The van der Waals surface area contributed by atoms with Gasteiger partial charge < -0.3 is 15.1 Å². The second kappa shape index (κ2) is 6.72. The molecule has 0 spiro atoms. The van der Waals surface area contributed by atoms with Gasteiger partial charge in [0.05, 0.1) is 0 Å². The number of likely N-dealkylation sites (tertiary alicyclic amines) is 1. The third-order valence-electron chi connectivity index (χ3n) is 4.49. The Hall–Kier alpha value is -0.120. The van der Waals surface area contributed by atoms with Crippen molar-refractivity contribution in [3.05, 3.63) is 0 Å². The molecular weight excluding hydrogens is 210 g/mol. The van der Waals surface area contributed by atoms with Crippen LogP contribution in [0.2, 0.25) is 0 Å². The van der Waals surface area contributed by atoms with E-state index in [9.17, 15) is 0 Å². The Kier molecular flexibility index (Phi) is 5.26. The summed E-state index contributed by atoms with van der Waals surface area (Å²) in [6.07, 6.45) is 7.18. The lowest BCUT2D eigenvalue weighted by Gasteiger charge is -2.20. The average molecular weight is 239 g/mol. The summed E-state index contributed by atoms with van der Waals surface area (Å²) in [6, 6.07) is 0.782. The van der Waals surface area contributed by atoms with Gasteiger partial charge in [-0.2, -0.15) is 0 Å².